The van der Waals surface area contributed by atoms with Crippen molar-refractivity contribution in [1.29, 1.82) is 0 Å². The number of carbonyl (C=O) groups excluding carboxylic acids is 1. The smallest absolute Gasteiger partial charge is 0.240 e. The summed E-state index contributed by atoms with van der Waals surface area (Å²) in [6.07, 6.45) is 1.86. The summed E-state index contributed by atoms with van der Waals surface area (Å²) in [6, 6.07) is 12.0. The van der Waals surface area contributed by atoms with E-state index >= 15 is 0 Å². The summed E-state index contributed by atoms with van der Waals surface area (Å²) >= 11 is 0. The SMILES string of the molecule is CCOc1ccc(S(=O)(=O)NCCC(=O)N2CCC[C@H]2c2ccc3c(c2)OCCO3)cc1. The van der Waals surface area contributed by atoms with Crippen LogP contribution in [0.2, 0.25) is 0 Å². The van der Waals surface area contributed by atoms with Crippen LogP contribution in [-0.4, -0.2) is 52.1 Å². The first-order valence-electron chi connectivity index (χ1n) is 10.9. The summed E-state index contributed by atoms with van der Waals surface area (Å²) in [6.45, 7) is 4.12. The number of hydrogen-bond acceptors (Lipinski definition) is 6. The van der Waals surface area contributed by atoms with Gasteiger partial charge in [0.05, 0.1) is 17.5 Å². The van der Waals surface area contributed by atoms with E-state index in [1.54, 1.807) is 12.1 Å². The first kappa shape index (κ1) is 22.4. The number of fused-ring (bicyclic) bond motifs is 1. The van der Waals surface area contributed by atoms with Gasteiger partial charge in [-0.2, -0.15) is 0 Å². The summed E-state index contributed by atoms with van der Waals surface area (Å²) < 4.78 is 44.2. The Balaban J connectivity index is 1.35. The second-order valence-electron chi connectivity index (χ2n) is 7.70. The minimum absolute atomic E-state index is 0.0404. The van der Waals surface area contributed by atoms with Gasteiger partial charge in [0.25, 0.3) is 0 Å². The minimum Gasteiger partial charge on any atom is -0.494 e. The molecule has 2 aromatic carbocycles. The summed E-state index contributed by atoms with van der Waals surface area (Å²) in [5.41, 5.74) is 1.01. The molecule has 1 fully saturated rings. The van der Waals surface area contributed by atoms with Crippen molar-refractivity contribution in [2.45, 2.75) is 37.1 Å². The van der Waals surface area contributed by atoms with Crippen molar-refractivity contribution in [3.63, 3.8) is 0 Å². The van der Waals surface area contributed by atoms with E-state index < -0.39 is 10.0 Å². The molecule has 0 spiro atoms. The highest BCUT2D eigenvalue weighted by molar-refractivity contribution is 7.89. The third-order valence-electron chi connectivity index (χ3n) is 5.60. The summed E-state index contributed by atoms with van der Waals surface area (Å²) in [4.78, 5) is 14.8. The molecule has 1 saturated heterocycles. The second-order valence-corrected chi connectivity index (χ2v) is 9.47. The Morgan fingerprint density at radius 3 is 2.62 bits per heavy atom. The lowest BCUT2D eigenvalue weighted by Gasteiger charge is -2.27. The highest BCUT2D eigenvalue weighted by atomic mass is 32.2. The zero-order valence-electron chi connectivity index (χ0n) is 18.1. The molecule has 4 rings (SSSR count). The van der Waals surface area contributed by atoms with Crippen molar-refractivity contribution in [3.05, 3.63) is 48.0 Å². The van der Waals surface area contributed by atoms with Gasteiger partial charge in [-0.1, -0.05) is 6.07 Å². The number of likely N-dealkylation sites (tertiary alicyclic amines) is 1. The molecule has 1 N–H and O–H groups in total. The Morgan fingerprint density at radius 1 is 1.12 bits per heavy atom. The molecule has 1 atom stereocenters. The monoisotopic (exact) mass is 460 g/mol. The summed E-state index contributed by atoms with van der Waals surface area (Å²) in [5, 5.41) is 0. The number of carbonyl (C=O) groups is 1. The number of nitrogens with one attached hydrogen (secondary N) is 1. The molecule has 2 heterocycles. The van der Waals surface area contributed by atoms with Crippen LogP contribution < -0.4 is 18.9 Å². The number of hydrogen-bond donors (Lipinski definition) is 1. The van der Waals surface area contributed by atoms with Crippen molar-refractivity contribution < 1.29 is 27.4 Å². The molecule has 1 amide bonds. The maximum atomic E-state index is 12.9. The molecule has 172 valence electrons. The summed E-state index contributed by atoms with van der Waals surface area (Å²) in [7, 11) is -3.69. The van der Waals surface area contributed by atoms with E-state index in [0.717, 1.165) is 24.2 Å². The van der Waals surface area contributed by atoms with Gasteiger partial charge in [0, 0.05) is 19.5 Å². The van der Waals surface area contributed by atoms with E-state index in [2.05, 4.69) is 4.72 Å². The number of sulfonamides is 1. The van der Waals surface area contributed by atoms with Crippen LogP contribution in [-0.2, 0) is 14.8 Å². The number of benzene rings is 2. The lowest BCUT2D eigenvalue weighted by molar-refractivity contribution is -0.131. The van der Waals surface area contributed by atoms with Crippen molar-refractivity contribution in [1.82, 2.24) is 9.62 Å². The third kappa shape index (κ3) is 4.99. The average molecular weight is 461 g/mol. The molecule has 8 nitrogen and oxygen atoms in total. The lowest BCUT2D eigenvalue weighted by atomic mass is 10.0. The Hall–Kier alpha value is -2.78. The molecule has 32 heavy (non-hydrogen) atoms. The van der Waals surface area contributed by atoms with Gasteiger partial charge in [-0.3, -0.25) is 4.79 Å². The van der Waals surface area contributed by atoms with Gasteiger partial charge < -0.3 is 19.1 Å². The van der Waals surface area contributed by atoms with Gasteiger partial charge in [-0.05, 0) is 61.7 Å². The number of rotatable bonds is 8. The maximum Gasteiger partial charge on any atom is 0.240 e. The molecule has 0 radical (unpaired) electrons. The molecule has 0 saturated carbocycles. The molecule has 2 aliphatic rings. The van der Waals surface area contributed by atoms with Crippen LogP contribution >= 0.6 is 0 Å². The van der Waals surface area contributed by atoms with Crippen LogP contribution in [0.15, 0.2) is 47.4 Å². The van der Waals surface area contributed by atoms with Gasteiger partial charge >= 0.3 is 0 Å². The van der Waals surface area contributed by atoms with Gasteiger partial charge in [-0.15, -0.1) is 0 Å². The van der Waals surface area contributed by atoms with Gasteiger partial charge in [0.1, 0.15) is 19.0 Å². The largest absolute Gasteiger partial charge is 0.494 e. The quantitative estimate of drug-likeness (QED) is 0.651. The Bertz CT molecular complexity index is 1050. The molecule has 9 heteroatoms. The fourth-order valence-electron chi connectivity index (χ4n) is 4.08. The highest BCUT2D eigenvalue weighted by Gasteiger charge is 2.30. The molecular weight excluding hydrogens is 432 g/mol. The molecule has 0 unspecified atom stereocenters. The van der Waals surface area contributed by atoms with Crippen molar-refractivity contribution in [2.75, 3.05) is 32.9 Å². The second kappa shape index (κ2) is 9.79. The van der Waals surface area contributed by atoms with Crippen LogP contribution in [0.3, 0.4) is 0 Å². The van der Waals surface area contributed by atoms with Crippen LogP contribution in [0.4, 0.5) is 0 Å². The third-order valence-corrected chi connectivity index (χ3v) is 7.08. The van der Waals surface area contributed by atoms with Gasteiger partial charge in [0.2, 0.25) is 15.9 Å². The first-order valence-corrected chi connectivity index (χ1v) is 12.4. The fraction of sp³-hybridized carbons (Fsp3) is 0.435. The van der Waals surface area contributed by atoms with E-state index in [9.17, 15) is 13.2 Å². The van der Waals surface area contributed by atoms with E-state index in [4.69, 9.17) is 14.2 Å². The predicted molar refractivity (Wildman–Crippen MR) is 119 cm³/mol. The zero-order valence-corrected chi connectivity index (χ0v) is 18.9. The topological polar surface area (TPSA) is 94.2 Å². The number of amides is 1. The molecule has 0 bridgehead atoms. The normalized spacial score (nSPS) is 17.9. The average Bonchev–Trinajstić information content (AvgIpc) is 3.29. The minimum atomic E-state index is -3.69. The number of ether oxygens (including phenoxy) is 3. The van der Waals surface area contributed by atoms with E-state index in [-0.39, 0.29) is 29.8 Å². The molecular formula is C23H28N2O6S. The summed E-state index contributed by atoms with van der Waals surface area (Å²) in [5.74, 6) is 1.97. The fourth-order valence-corrected chi connectivity index (χ4v) is 5.11. The zero-order chi connectivity index (χ0) is 22.6. The highest BCUT2D eigenvalue weighted by Crippen LogP contribution is 2.38. The standard InChI is InChI=1S/C23H28N2O6S/c1-2-29-18-6-8-19(9-7-18)32(27,28)24-12-11-23(26)25-13-3-4-20(25)17-5-10-21-22(16-17)31-15-14-30-21/h5-10,16,20,24H,2-4,11-15H2,1H3/t20-/m0/s1. The Morgan fingerprint density at radius 2 is 1.88 bits per heavy atom. The van der Waals surface area contributed by atoms with Gasteiger partial charge in [-0.25, -0.2) is 13.1 Å². The molecule has 2 aliphatic heterocycles. The molecule has 0 aliphatic carbocycles. The molecule has 2 aromatic rings. The van der Waals surface area contributed by atoms with Crippen molar-refractivity contribution in [2.24, 2.45) is 0 Å². The van der Waals surface area contributed by atoms with Crippen LogP contribution in [0.5, 0.6) is 17.2 Å². The van der Waals surface area contributed by atoms with Crippen molar-refractivity contribution in [3.8, 4) is 17.2 Å². The van der Waals surface area contributed by atoms with Gasteiger partial charge in [0.15, 0.2) is 11.5 Å². The first-order chi connectivity index (χ1) is 15.5. The van der Waals surface area contributed by atoms with E-state index in [0.29, 0.717) is 37.9 Å². The Labute approximate surface area is 188 Å². The Kier molecular flexibility index (Phi) is 6.86. The number of nitrogens with zero attached hydrogens (tertiary/aromatic N) is 1. The predicted octanol–water partition coefficient (Wildman–Crippen LogP) is 2.89. The van der Waals surface area contributed by atoms with E-state index in [1.165, 1.54) is 12.1 Å². The van der Waals surface area contributed by atoms with E-state index in [1.807, 2.05) is 30.0 Å². The lowest BCUT2D eigenvalue weighted by Crippen LogP contribution is -2.34. The molecule has 0 aromatic heterocycles. The van der Waals surface area contributed by atoms with Crippen LogP contribution in [0.1, 0.15) is 37.8 Å². The maximum absolute atomic E-state index is 12.9. The van der Waals surface area contributed by atoms with Crippen LogP contribution in [0, 0.1) is 0 Å². The van der Waals surface area contributed by atoms with Crippen molar-refractivity contribution >= 4 is 15.9 Å². The van der Waals surface area contributed by atoms with Crippen LogP contribution in [0.25, 0.3) is 0 Å².